The molecule has 1 atom stereocenters. The zero-order valence-corrected chi connectivity index (χ0v) is 13.8. The van der Waals surface area contributed by atoms with Crippen LogP contribution in [0.15, 0.2) is 23.1 Å². The van der Waals surface area contributed by atoms with Crippen LogP contribution < -0.4 is 10.6 Å². The molecule has 0 radical (unpaired) electrons. The number of benzene rings is 1. The number of nitrogens with one attached hydrogen (secondary N) is 2. The van der Waals surface area contributed by atoms with Gasteiger partial charge in [-0.15, -0.1) is 11.8 Å². The summed E-state index contributed by atoms with van der Waals surface area (Å²) in [6.07, 6.45) is 0.755. The highest BCUT2D eigenvalue weighted by Crippen LogP contribution is 2.35. The summed E-state index contributed by atoms with van der Waals surface area (Å²) in [5.74, 6) is 0.101. The van der Waals surface area contributed by atoms with Crippen molar-refractivity contribution in [2.75, 3.05) is 11.9 Å². The van der Waals surface area contributed by atoms with E-state index in [0.29, 0.717) is 6.54 Å². The lowest BCUT2D eigenvalue weighted by molar-refractivity contribution is -0.128. The molecule has 0 aromatic heterocycles. The number of hydrogen-bond acceptors (Lipinski definition) is 3. The van der Waals surface area contributed by atoms with Crippen LogP contribution in [0.3, 0.4) is 0 Å². The van der Waals surface area contributed by atoms with E-state index in [-0.39, 0.29) is 22.5 Å². The monoisotopic (exact) mass is 306 g/mol. The first kappa shape index (κ1) is 15.9. The van der Waals surface area contributed by atoms with Crippen molar-refractivity contribution >= 4 is 29.3 Å². The van der Waals surface area contributed by atoms with E-state index in [1.54, 1.807) is 11.8 Å². The second-order valence-electron chi connectivity index (χ2n) is 6.34. The zero-order chi connectivity index (χ0) is 15.6. The molecule has 1 aromatic rings. The molecule has 1 heterocycles. The van der Waals surface area contributed by atoms with E-state index in [1.807, 2.05) is 39.8 Å². The van der Waals surface area contributed by atoms with Gasteiger partial charge in [0.25, 0.3) is 0 Å². The van der Waals surface area contributed by atoms with Gasteiger partial charge in [0.1, 0.15) is 0 Å². The molecule has 0 spiro atoms. The number of fused-ring (bicyclic) bond motifs is 1. The Kier molecular flexibility index (Phi) is 4.61. The predicted octanol–water partition coefficient (Wildman–Crippen LogP) is 2.82. The van der Waals surface area contributed by atoms with Crippen LogP contribution >= 0.6 is 11.8 Å². The van der Waals surface area contributed by atoms with Gasteiger partial charge in [0.15, 0.2) is 0 Å². The average Bonchev–Trinajstić information content (AvgIpc) is 2.39. The van der Waals surface area contributed by atoms with E-state index in [0.717, 1.165) is 22.6 Å². The van der Waals surface area contributed by atoms with Crippen LogP contribution in [0.2, 0.25) is 0 Å². The van der Waals surface area contributed by atoms with Gasteiger partial charge >= 0.3 is 0 Å². The van der Waals surface area contributed by atoms with Crippen molar-refractivity contribution in [3.8, 4) is 0 Å². The van der Waals surface area contributed by atoms with Gasteiger partial charge < -0.3 is 10.6 Å². The molecular weight excluding hydrogens is 284 g/mol. The highest BCUT2D eigenvalue weighted by Gasteiger charge is 2.23. The molecule has 0 aliphatic carbocycles. The highest BCUT2D eigenvalue weighted by molar-refractivity contribution is 8.00. The summed E-state index contributed by atoms with van der Waals surface area (Å²) in [7, 11) is 0. The molecule has 5 heteroatoms. The van der Waals surface area contributed by atoms with Gasteiger partial charge in [-0.2, -0.15) is 0 Å². The van der Waals surface area contributed by atoms with Crippen LogP contribution in [0, 0.1) is 5.41 Å². The van der Waals surface area contributed by atoms with Gasteiger partial charge in [0.2, 0.25) is 11.8 Å². The molecule has 1 unspecified atom stereocenters. The van der Waals surface area contributed by atoms with E-state index in [9.17, 15) is 9.59 Å². The summed E-state index contributed by atoms with van der Waals surface area (Å²) in [6.45, 7) is 8.20. The van der Waals surface area contributed by atoms with Crippen LogP contribution in [0.25, 0.3) is 0 Å². The number of thioether (sulfide) groups is 1. The average molecular weight is 306 g/mol. The molecule has 21 heavy (non-hydrogen) atoms. The molecule has 1 aliphatic heterocycles. The Hall–Kier alpha value is -1.49. The fourth-order valence-electron chi connectivity index (χ4n) is 2.00. The number of hydrogen-bond donors (Lipinski definition) is 2. The summed E-state index contributed by atoms with van der Waals surface area (Å²) < 4.78 is 0. The smallest absolute Gasteiger partial charge is 0.237 e. The summed E-state index contributed by atoms with van der Waals surface area (Å²) in [4.78, 5) is 24.6. The first-order valence-electron chi connectivity index (χ1n) is 7.16. The normalized spacial score (nSPS) is 17.9. The second-order valence-corrected chi connectivity index (χ2v) is 7.72. The van der Waals surface area contributed by atoms with E-state index in [1.165, 1.54) is 0 Å². The van der Waals surface area contributed by atoms with Crippen molar-refractivity contribution in [3.63, 3.8) is 0 Å². The summed E-state index contributed by atoms with van der Waals surface area (Å²) in [5.41, 5.74) is 1.62. The minimum atomic E-state index is -0.364. The van der Waals surface area contributed by atoms with Crippen molar-refractivity contribution in [2.45, 2.75) is 44.3 Å². The quantitative estimate of drug-likeness (QED) is 0.903. The summed E-state index contributed by atoms with van der Waals surface area (Å²) in [6, 6.07) is 6.09. The largest absolute Gasteiger partial charge is 0.355 e. The second kappa shape index (κ2) is 6.10. The van der Waals surface area contributed by atoms with E-state index >= 15 is 0 Å². The van der Waals surface area contributed by atoms with Crippen LogP contribution in [0.5, 0.6) is 0 Å². The third-order valence-corrected chi connectivity index (χ3v) is 4.53. The molecule has 1 aliphatic rings. The van der Waals surface area contributed by atoms with Gasteiger partial charge in [-0.25, -0.2) is 0 Å². The Morgan fingerprint density at radius 1 is 1.38 bits per heavy atom. The molecular formula is C16H22N2O2S. The lowest BCUT2D eigenvalue weighted by Crippen LogP contribution is -2.35. The first-order chi connectivity index (χ1) is 9.77. The maximum atomic E-state index is 11.8. The fraction of sp³-hybridized carbons (Fsp3) is 0.500. The van der Waals surface area contributed by atoms with E-state index in [2.05, 4.69) is 16.7 Å². The van der Waals surface area contributed by atoms with Crippen molar-refractivity contribution in [2.24, 2.45) is 5.41 Å². The Balaban J connectivity index is 1.96. The third kappa shape index (κ3) is 4.00. The van der Waals surface area contributed by atoms with Crippen molar-refractivity contribution in [1.29, 1.82) is 0 Å². The first-order valence-corrected chi connectivity index (χ1v) is 8.04. The SMILES string of the molecule is CC1Sc2ccc(CCNC(=O)C(C)(C)C)cc2NC1=O. The predicted molar refractivity (Wildman–Crippen MR) is 86.6 cm³/mol. The summed E-state index contributed by atoms with van der Waals surface area (Å²) in [5, 5.41) is 5.82. The van der Waals surface area contributed by atoms with Crippen molar-refractivity contribution in [3.05, 3.63) is 23.8 Å². The Morgan fingerprint density at radius 3 is 2.76 bits per heavy atom. The molecule has 2 rings (SSSR count). The van der Waals surface area contributed by atoms with E-state index in [4.69, 9.17) is 0 Å². The van der Waals surface area contributed by atoms with Gasteiger partial charge in [0, 0.05) is 16.9 Å². The molecule has 0 fully saturated rings. The Morgan fingerprint density at radius 2 is 2.10 bits per heavy atom. The fourth-order valence-corrected chi connectivity index (χ4v) is 2.93. The minimum absolute atomic E-state index is 0.0468. The Bertz CT molecular complexity index is 564. The number of amides is 2. The molecule has 2 N–H and O–H groups in total. The lowest BCUT2D eigenvalue weighted by Gasteiger charge is -2.22. The van der Waals surface area contributed by atoms with Gasteiger partial charge in [-0.1, -0.05) is 26.8 Å². The highest BCUT2D eigenvalue weighted by atomic mass is 32.2. The molecule has 0 bridgehead atoms. The zero-order valence-electron chi connectivity index (χ0n) is 12.9. The van der Waals surface area contributed by atoms with Crippen molar-refractivity contribution in [1.82, 2.24) is 5.32 Å². The van der Waals surface area contributed by atoms with Crippen LogP contribution in [-0.4, -0.2) is 23.6 Å². The van der Waals surface area contributed by atoms with Crippen molar-refractivity contribution < 1.29 is 9.59 Å². The number of carbonyl (C=O) groups excluding carboxylic acids is 2. The van der Waals surface area contributed by atoms with Gasteiger partial charge in [-0.05, 0) is 31.0 Å². The van der Waals surface area contributed by atoms with Crippen LogP contribution in [0.4, 0.5) is 5.69 Å². The van der Waals surface area contributed by atoms with Gasteiger partial charge in [0.05, 0.1) is 10.9 Å². The van der Waals surface area contributed by atoms with Crippen LogP contribution in [-0.2, 0) is 16.0 Å². The lowest BCUT2D eigenvalue weighted by atomic mass is 9.95. The maximum absolute atomic E-state index is 11.8. The van der Waals surface area contributed by atoms with Gasteiger partial charge in [-0.3, -0.25) is 9.59 Å². The molecule has 1 aromatic carbocycles. The molecule has 114 valence electrons. The summed E-state index contributed by atoms with van der Waals surface area (Å²) >= 11 is 1.58. The van der Waals surface area contributed by atoms with E-state index < -0.39 is 0 Å². The molecule has 0 saturated heterocycles. The Labute approximate surface area is 130 Å². The molecule has 4 nitrogen and oxygen atoms in total. The van der Waals surface area contributed by atoms with Crippen LogP contribution in [0.1, 0.15) is 33.3 Å². The standard InChI is InChI=1S/C16H22N2O2S/c1-10-14(19)18-12-9-11(5-6-13(12)21-10)7-8-17-15(20)16(2,3)4/h5-6,9-10H,7-8H2,1-4H3,(H,17,20)(H,18,19). The number of anilines is 1. The topological polar surface area (TPSA) is 58.2 Å². The number of rotatable bonds is 3. The third-order valence-electron chi connectivity index (χ3n) is 3.36. The molecule has 0 saturated carbocycles. The maximum Gasteiger partial charge on any atom is 0.237 e. The number of carbonyl (C=O) groups is 2. The molecule has 2 amide bonds. The minimum Gasteiger partial charge on any atom is -0.355 e.